The Kier molecular flexibility index (Phi) is 6.57. The standard InChI is InChI=1S/C15H22F3N3O4S2/c1-3-19(4-2)27(24,25)21-11-9-20(10-12-21)26(22,23)14-8-6-5-7-13(14)15(16,17)18/h5-8H,3-4,9-12H2,1-2H3. The van der Waals surface area contributed by atoms with E-state index in [0.29, 0.717) is 6.07 Å². The van der Waals surface area contributed by atoms with E-state index in [0.717, 1.165) is 20.7 Å². The normalized spacial score (nSPS) is 18.1. The lowest BCUT2D eigenvalue weighted by Crippen LogP contribution is -2.54. The minimum Gasteiger partial charge on any atom is -0.207 e. The number of benzene rings is 1. The van der Waals surface area contributed by atoms with E-state index in [-0.39, 0.29) is 39.3 Å². The third-order valence-electron chi connectivity index (χ3n) is 4.37. The van der Waals surface area contributed by atoms with Gasteiger partial charge in [-0.05, 0) is 12.1 Å². The molecular weight excluding hydrogens is 407 g/mol. The van der Waals surface area contributed by atoms with Crippen LogP contribution in [0.5, 0.6) is 0 Å². The number of rotatable bonds is 6. The van der Waals surface area contributed by atoms with Crippen molar-refractivity contribution in [2.45, 2.75) is 24.9 Å². The molecule has 1 fully saturated rings. The highest BCUT2D eigenvalue weighted by Crippen LogP contribution is 2.35. The van der Waals surface area contributed by atoms with Gasteiger partial charge in [-0.1, -0.05) is 26.0 Å². The molecule has 0 unspecified atom stereocenters. The van der Waals surface area contributed by atoms with Gasteiger partial charge in [0.2, 0.25) is 10.0 Å². The molecule has 7 nitrogen and oxygen atoms in total. The number of halogens is 3. The maximum absolute atomic E-state index is 13.2. The van der Waals surface area contributed by atoms with Crippen molar-refractivity contribution in [1.29, 1.82) is 0 Å². The fourth-order valence-electron chi connectivity index (χ4n) is 2.92. The number of piperazine rings is 1. The Morgan fingerprint density at radius 2 is 1.41 bits per heavy atom. The summed E-state index contributed by atoms with van der Waals surface area (Å²) in [7, 11) is -8.12. The summed E-state index contributed by atoms with van der Waals surface area (Å²) in [6, 6.07) is 3.98. The van der Waals surface area contributed by atoms with Crippen molar-refractivity contribution in [3.63, 3.8) is 0 Å². The predicted octanol–water partition coefficient (Wildman–Crippen LogP) is 1.60. The molecule has 1 aromatic rings. The molecule has 1 heterocycles. The van der Waals surface area contributed by atoms with E-state index in [1.807, 2.05) is 0 Å². The molecule has 0 radical (unpaired) electrons. The molecule has 0 aliphatic carbocycles. The molecular formula is C15H22F3N3O4S2. The van der Waals surface area contributed by atoms with Gasteiger partial charge in [-0.3, -0.25) is 0 Å². The summed E-state index contributed by atoms with van der Waals surface area (Å²) in [5.74, 6) is 0. The van der Waals surface area contributed by atoms with Crippen LogP contribution < -0.4 is 0 Å². The second kappa shape index (κ2) is 8.03. The Morgan fingerprint density at radius 1 is 0.926 bits per heavy atom. The molecule has 0 saturated carbocycles. The highest BCUT2D eigenvalue weighted by molar-refractivity contribution is 7.89. The molecule has 1 aromatic carbocycles. The minimum atomic E-state index is -4.81. The Balaban J connectivity index is 2.24. The number of sulfonamides is 1. The molecule has 1 aliphatic rings. The van der Waals surface area contributed by atoms with Gasteiger partial charge in [0, 0.05) is 39.3 Å². The molecule has 2 rings (SSSR count). The van der Waals surface area contributed by atoms with E-state index < -0.39 is 36.9 Å². The van der Waals surface area contributed by atoms with Crippen molar-refractivity contribution in [2.24, 2.45) is 0 Å². The molecule has 0 atom stereocenters. The first kappa shape index (κ1) is 22.1. The first-order chi connectivity index (χ1) is 12.5. The topological polar surface area (TPSA) is 78.0 Å². The van der Waals surface area contributed by atoms with Crippen molar-refractivity contribution in [3.05, 3.63) is 29.8 Å². The Labute approximate surface area is 157 Å². The second-order valence-electron chi connectivity index (χ2n) is 5.89. The van der Waals surface area contributed by atoms with E-state index in [4.69, 9.17) is 0 Å². The van der Waals surface area contributed by atoms with Crippen LogP contribution in [0.15, 0.2) is 29.2 Å². The van der Waals surface area contributed by atoms with Crippen LogP contribution in [0.3, 0.4) is 0 Å². The Bertz CT molecular complexity index is 861. The van der Waals surface area contributed by atoms with E-state index in [9.17, 15) is 30.0 Å². The average molecular weight is 429 g/mol. The van der Waals surface area contributed by atoms with E-state index in [1.54, 1.807) is 13.8 Å². The van der Waals surface area contributed by atoms with Crippen LogP contribution in [0.2, 0.25) is 0 Å². The third-order valence-corrected chi connectivity index (χ3v) is 8.51. The largest absolute Gasteiger partial charge is 0.417 e. The number of hydrogen-bond acceptors (Lipinski definition) is 4. The smallest absolute Gasteiger partial charge is 0.207 e. The van der Waals surface area contributed by atoms with Crippen LogP contribution in [0.1, 0.15) is 19.4 Å². The Hall–Kier alpha value is -1.21. The molecule has 0 amide bonds. The van der Waals surface area contributed by atoms with Crippen LogP contribution in [0.4, 0.5) is 13.2 Å². The SMILES string of the molecule is CCN(CC)S(=O)(=O)N1CCN(S(=O)(=O)c2ccccc2C(F)(F)F)CC1. The fraction of sp³-hybridized carbons (Fsp3) is 0.600. The Morgan fingerprint density at radius 3 is 1.89 bits per heavy atom. The number of hydrogen-bond donors (Lipinski definition) is 0. The maximum Gasteiger partial charge on any atom is 0.417 e. The summed E-state index contributed by atoms with van der Waals surface area (Å²) in [6.07, 6.45) is -4.81. The highest BCUT2D eigenvalue weighted by atomic mass is 32.2. The van der Waals surface area contributed by atoms with E-state index in [1.165, 1.54) is 10.4 Å². The summed E-state index contributed by atoms with van der Waals surface area (Å²) < 4.78 is 93.2. The molecule has 1 saturated heterocycles. The fourth-order valence-corrected chi connectivity index (χ4v) is 6.16. The summed E-state index contributed by atoms with van der Waals surface area (Å²) in [6.45, 7) is 3.26. The van der Waals surface area contributed by atoms with Gasteiger partial charge >= 0.3 is 6.18 Å². The van der Waals surface area contributed by atoms with Gasteiger partial charge in [-0.15, -0.1) is 0 Å². The van der Waals surface area contributed by atoms with Crippen molar-refractivity contribution in [1.82, 2.24) is 12.9 Å². The van der Waals surface area contributed by atoms with Gasteiger partial charge in [0.1, 0.15) is 0 Å². The van der Waals surface area contributed by atoms with Gasteiger partial charge in [0.15, 0.2) is 0 Å². The zero-order valence-electron chi connectivity index (χ0n) is 15.0. The van der Waals surface area contributed by atoms with E-state index in [2.05, 4.69) is 0 Å². The predicted molar refractivity (Wildman–Crippen MR) is 93.6 cm³/mol. The second-order valence-corrected chi connectivity index (χ2v) is 9.72. The van der Waals surface area contributed by atoms with Gasteiger partial charge in [0.05, 0.1) is 10.5 Å². The molecule has 12 heteroatoms. The quantitative estimate of drug-likeness (QED) is 0.688. The number of nitrogens with zero attached hydrogens (tertiary/aromatic N) is 3. The van der Waals surface area contributed by atoms with Crippen molar-refractivity contribution in [2.75, 3.05) is 39.3 Å². The molecule has 0 N–H and O–H groups in total. The first-order valence-electron chi connectivity index (χ1n) is 8.37. The van der Waals surface area contributed by atoms with Crippen LogP contribution >= 0.6 is 0 Å². The molecule has 154 valence electrons. The maximum atomic E-state index is 13.2. The molecule has 1 aliphatic heterocycles. The molecule has 0 bridgehead atoms. The molecule has 0 aromatic heterocycles. The molecule has 27 heavy (non-hydrogen) atoms. The summed E-state index contributed by atoms with van der Waals surface area (Å²) >= 11 is 0. The lowest BCUT2D eigenvalue weighted by Gasteiger charge is -2.35. The summed E-state index contributed by atoms with van der Waals surface area (Å²) in [5.41, 5.74) is -1.23. The average Bonchev–Trinajstić information content (AvgIpc) is 2.62. The van der Waals surface area contributed by atoms with Gasteiger partial charge in [0.25, 0.3) is 10.2 Å². The van der Waals surface area contributed by atoms with Crippen molar-refractivity contribution >= 4 is 20.2 Å². The summed E-state index contributed by atoms with van der Waals surface area (Å²) in [5, 5.41) is 0. The van der Waals surface area contributed by atoms with Crippen molar-refractivity contribution in [3.8, 4) is 0 Å². The van der Waals surface area contributed by atoms with Crippen LogP contribution in [0, 0.1) is 0 Å². The zero-order valence-corrected chi connectivity index (χ0v) is 16.6. The monoisotopic (exact) mass is 429 g/mol. The zero-order chi connectivity index (χ0) is 20.5. The molecule has 0 spiro atoms. The van der Waals surface area contributed by atoms with Gasteiger partial charge in [-0.25, -0.2) is 8.42 Å². The lowest BCUT2D eigenvalue weighted by molar-refractivity contribution is -0.139. The van der Waals surface area contributed by atoms with Crippen molar-refractivity contribution < 1.29 is 30.0 Å². The number of alkyl halides is 3. The van der Waals surface area contributed by atoms with Crippen LogP contribution in [0.25, 0.3) is 0 Å². The van der Waals surface area contributed by atoms with Crippen LogP contribution in [-0.4, -0.2) is 69.0 Å². The highest BCUT2D eigenvalue weighted by Gasteiger charge is 2.40. The van der Waals surface area contributed by atoms with E-state index >= 15 is 0 Å². The van der Waals surface area contributed by atoms with Crippen LogP contribution in [-0.2, 0) is 26.4 Å². The first-order valence-corrected chi connectivity index (χ1v) is 11.2. The summed E-state index contributed by atoms with van der Waals surface area (Å²) in [4.78, 5) is -0.822. The third kappa shape index (κ3) is 4.45. The minimum absolute atomic E-state index is 0.119. The van der Waals surface area contributed by atoms with Gasteiger partial charge in [-0.2, -0.15) is 34.5 Å². The lowest BCUT2D eigenvalue weighted by atomic mass is 10.2. The van der Waals surface area contributed by atoms with Gasteiger partial charge < -0.3 is 0 Å².